The van der Waals surface area contributed by atoms with Gasteiger partial charge in [-0.3, -0.25) is 9.91 Å². The minimum Gasteiger partial charge on any atom is -0.445 e. The molecule has 0 aliphatic carbocycles. The van der Waals surface area contributed by atoms with Crippen LogP contribution in [0, 0.1) is 0 Å². The van der Waals surface area contributed by atoms with Gasteiger partial charge in [-0.2, -0.15) is 0 Å². The smallest absolute Gasteiger partial charge is 0.415 e. The van der Waals surface area contributed by atoms with Gasteiger partial charge in [0.05, 0.1) is 0 Å². The van der Waals surface area contributed by atoms with E-state index >= 15 is 0 Å². The molecule has 0 saturated heterocycles. The lowest BCUT2D eigenvalue weighted by Gasteiger charge is -2.14. The lowest BCUT2D eigenvalue weighted by molar-refractivity contribution is 0.120. The lowest BCUT2D eigenvalue weighted by Crippen LogP contribution is -2.34. The number of nitrogens with zero attached hydrogens (tertiary/aromatic N) is 2. The Bertz CT molecular complexity index is 215. The molecule has 5 nitrogen and oxygen atoms in total. The third kappa shape index (κ3) is 2.00. The molecule has 12 heavy (non-hydrogen) atoms. The summed E-state index contributed by atoms with van der Waals surface area (Å²) in [5.74, 6) is 5.37. The van der Waals surface area contributed by atoms with Crippen LogP contribution in [0.1, 0.15) is 0 Å². The van der Waals surface area contributed by atoms with Gasteiger partial charge >= 0.3 is 6.09 Å². The maximum Gasteiger partial charge on any atom is 0.415 e. The number of hydrogen-bond acceptors (Lipinski definition) is 4. The van der Waals surface area contributed by atoms with Crippen molar-refractivity contribution in [3.63, 3.8) is 0 Å². The summed E-state index contributed by atoms with van der Waals surface area (Å²) in [5.41, 5.74) is 0. The van der Waals surface area contributed by atoms with Gasteiger partial charge in [0.2, 0.25) is 0 Å². The van der Waals surface area contributed by atoms with Crippen molar-refractivity contribution < 1.29 is 9.53 Å². The number of carbonyl (C=O) groups is 1. The Kier molecular flexibility index (Phi) is 2.71. The first kappa shape index (κ1) is 8.61. The van der Waals surface area contributed by atoms with Crippen LogP contribution in [0.3, 0.4) is 0 Å². The first-order chi connectivity index (χ1) is 5.74. The zero-order chi connectivity index (χ0) is 8.97. The third-order valence-electron chi connectivity index (χ3n) is 1.31. The molecular weight excluding hydrogens is 158 g/mol. The van der Waals surface area contributed by atoms with Gasteiger partial charge in [-0.05, 0) is 0 Å². The molecule has 5 heteroatoms. The second-order valence-electron chi connectivity index (χ2n) is 2.29. The molecule has 0 unspecified atom stereocenters. The van der Waals surface area contributed by atoms with Crippen molar-refractivity contribution in [1.29, 1.82) is 0 Å². The molecule has 0 fully saturated rings. The largest absolute Gasteiger partial charge is 0.445 e. The Balaban J connectivity index is 2.34. The molecule has 0 aromatic heterocycles. The van der Waals surface area contributed by atoms with Crippen LogP contribution in [-0.2, 0) is 4.74 Å². The highest BCUT2D eigenvalue weighted by Crippen LogP contribution is 2.03. The molecule has 66 valence electrons. The fourth-order valence-corrected chi connectivity index (χ4v) is 0.768. The van der Waals surface area contributed by atoms with Gasteiger partial charge in [0, 0.05) is 12.4 Å². The van der Waals surface area contributed by atoms with Crippen molar-refractivity contribution in [2.75, 3.05) is 13.3 Å². The molecular formula is C7H11N3O2. The van der Waals surface area contributed by atoms with Gasteiger partial charge in [0.25, 0.3) is 0 Å². The first-order valence-electron chi connectivity index (χ1n) is 3.48. The predicted octanol–water partition coefficient (Wildman–Crippen LogP) is 0.229. The standard InChI is InChI=1S/C7H11N3O2/c1-2-5-12-7(11)9-3-4-10(8)6-9/h2-4H,1,5-6,8H2. The van der Waals surface area contributed by atoms with E-state index in [1.165, 1.54) is 16.0 Å². The van der Waals surface area contributed by atoms with Gasteiger partial charge in [0.15, 0.2) is 0 Å². The van der Waals surface area contributed by atoms with Crippen LogP contribution in [0.4, 0.5) is 4.79 Å². The second kappa shape index (κ2) is 3.77. The minimum absolute atomic E-state index is 0.216. The molecule has 0 saturated carbocycles. The fourth-order valence-electron chi connectivity index (χ4n) is 0.768. The van der Waals surface area contributed by atoms with Crippen LogP contribution in [0.2, 0.25) is 0 Å². The van der Waals surface area contributed by atoms with Gasteiger partial charge in [-0.1, -0.05) is 12.7 Å². The Labute approximate surface area is 70.6 Å². The molecule has 1 aliphatic heterocycles. The quantitative estimate of drug-likeness (QED) is 0.475. The number of hydrogen-bond donors (Lipinski definition) is 1. The van der Waals surface area contributed by atoms with Crippen molar-refractivity contribution >= 4 is 6.09 Å². The molecule has 0 bridgehead atoms. The summed E-state index contributed by atoms with van der Waals surface area (Å²) < 4.78 is 4.76. The summed E-state index contributed by atoms with van der Waals surface area (Å²) in [7, 11) is 0. The molecule has 1 rings (SSSR count). The summed E-state index contributed by atoms with van der Waals surface area (Å²) in [6.45, 7) is 3.97. The minimum atomic E-state index is -0.417. The van der Waals surface area contributed by atoms with Crippen molar-refractivity contribution in [3.05, 3.63) is 25.1 Å². The van der Waals surface area contributed by atoms with E-state index in [1.807, 2.05) is 0 Å². The Hall–Kier alpha value is -1.49. The maximum atomic E-state index is 11.1. The van der Waals surface area contributed by atoms with E-state index in [2.05, 4.69) is 6.58 Å². The Morgan fingerprint density at radius 2 is 2.50 bits per heavy atom. The van der Waals surface area contributed by atoms with Gasteiger partial charge in [0.1, 0.15) is 13.3 Å². The highest BCUT2D eigenvalue weighted by molar-refractivity contribution is 5.69. The predicted molar refractivity (Wildman–Crippen MR) is 43.4 cm³/mol. The summed E-state index contributed by atoms with van der Waals surface area (Å²) in [5, 5.41) is 1.38. The number of rotatable bonds is 2. The summed E-state index contributed by atoms with van der Waals surface area (Å²) in [4.78, 5) is 12.4. The fraction of sp³-hybridized carbons (Fsp3) is 0.286. The monoisotopic (exact) mass is 169 g/mol. The summed E-state index contributed by atoms with van der Waals surface area (Å²) in [6, 6.07) is 0. The van der Waals surface area contributed by atoms with Crippen LogP contribution < -0.4 is 5.84 Å². The van der Waals surface area contributed by atoms with Crippen molar-refractivity contribution in [3.8, 4) is 0 Å². The van der Waals surface area contributed by atoms with Crippen LogP contribution >= 0.6 is 0 Å². The van der Waals surface area contributed by atoms with Gasteiger partial charge in [-0.15, -0.1) is 0 Å². The van der Waals surface area contributed by atoms with E-state index in [1.54, 1.807) is 12.4 Å². The van der Waals surface area contributed by atoms with Crippen molar-refractivity contribution in [2.24, 2.45) is 5.84 Å². The number of amides is 1. The molecule has 0 atom stereocenters. The second-order valence-corrected chi connectivity index (χ2v) is 2.29. The highest BCUT2D eigenvalue weighted by atomic mass is 16.6. The summed E-state index contributed by atoms with van der Waals surface area (Å²) >= 11 is 0. The number of hydrazine groups is 1. The molecule has 1 amide bonds. The third-order valence-corrected chi connectivity index (χ3v) is 1.31. The van der Waals surface area contributed by atoms with E-state index in [-0.39, 0.29) is 6.61 Å². The molecule has 0 spiro atoms. The van der Waals surface area contributed by atoms with E-state index in [0.29, 0.717) is 6.67 Å². The van der Waals surface area contributed by atoms with Crippen LogP contribution in [0.25, 0.3) is 0 Å². The molecule has 2 N–H and O–H groups in total. The Morgan fingerprint density at radius 1 is 1.75 bits per heavy atom. The summed E-state index contributed by atoms with van der Waals surface area (Å²) in [6.07, 6.45) is 4.25. The van der Waals surface area contributed by atoms with Crippen molar-refractivity contribution in [2.45, 2.75) is 0 Å². The SMILES string of the molecule is C=CCOC(=O)N1C=CN(N)C1. The van der Waals surface area contributed by atoms with Gasteiger partial charge in [-0.25, -0.2) is 10.6 Å². The van der Waals surface area contributed by atoms with Crippen LogP contribution in [-0.4, -0.2) is 29.3 Å². The average Bonchev–Trinajstić information content (AvgIpc) is 2.47. The topological polar surface area (TPSA) is 58.8 Å². The normalized spacial score (nSPS) is 15.1. The number of nitrogens with two attached hydrogens (primary N) is 1. The van der Waals surface area contributed by atoms with E-state index < -0.39 is 6.09 Å². The molecule has 0 aromatic rings. The van der Waals surface area contributed by atoms with Gasteiger partial charge < -0.3 is 4.74 Å². The number of carbonyl (C=O) groups excluding carboxylic acids is 1. The van der Waals surface area contributed by atoms with Crippen molar-refractivity contribution in [1.82, 2.24) is 9.91 Å². The maximum absolute atomic E-state index is 11.1. The van der Waals surface area contributed by atoms with Crippen LogP contribution in [0.5, 0.6) is 0 Å². The number of ether oxygens (including phenoxy) is 1. The zero-order valence-electron chi connectivity index (χ0n) is 6.64. The molecule has 0 aromatic carbocycles. The molecule has 1 aliphatic rings. The lowest BCUT2D eigenvalue weighted by atomic mass is 10.7. The zero-order valence-corrected chi connectivity index (χ0v) is 6.64. The first-order valence-corrected chi connectivity index (χ1v) is 3.48. The average molecular weight is 169 g/mol. The highest BCUT2D eigenvalue weighted by Gasteiger charge is 2.17. The van der Waals surface area contributed by atoms with E-state index in [4.69, 9.17) is 10.6 Å². The van der Waals surface area contributed by atoms with Crippen LogP contribution in [0.15, 0.2) is 25.1 Å². The van der Waals surface area contributed by atoms with E-state index in [0.717, 1.165) is 0 Å². The van der Waals surface area contributed by atoms with E-state index in [9.17, 15) is 4.79 Å². The molecule has 1 heterocycles. The molecule has 0 radical (unpaired) electrons. The Morgan fingerprint density at radius 3 is 3.00 bits per heavy atom.